The molecule has 0 radical (unpaired) electrons. The Morgan fingerprint density at radius 2 is 1.95 bits per heavy atom. The Kier molecular flexibility index (Phi) is 4.80. The third-order valence-electron chi connectivity index (χ3n) is 2.78. The van der Waals surface area contributed by atoms with Crippen LogP contribution in [0.15, 0.2) is 29.0 Å². The zero-order valence-electron chi connectivity index (χ0n) is 11.1. The van der Waals surface area contributed by atoms with E-state index in [1.807, 2.05) is 18.2 Å². The standard InChI is InChI=1S/C13H15BrClN5/c1-7(2)11-12(17-6-18-13(11)20-16)19-8-3-4-10(15)9(14)5-8/h3-7H,16H2,1-2H3,(H2,17,18,19,20). The quantitative estimate of drug-likeness (QED) is 0.569. The summed E-state index contributed by atoms with van der Waals surface area (Å²) < 4.78 is 0.821. The molecule has 106 valence electrons. The van der Waals surface area contributed by atoms with Gasteiger partial charge in [0.15, 0.2) is 0 Å². The number of hydrazine groups is 1. The number of benzene rings is 1. The molecule has 0 fully saturated rings. The predicted octanol–water partition coefficient (Wildman–Crippen LogP) is 4.05. The fraction of sp³-hybridized carbons (Fsp3) is 0.231. The molecule has 0 atom stereocenters. The molecule has 1 aromatic carbocycles. The Balaban J connectivity index is 2.40. The van der Waals surface area contributed by atoms with Gasteiger partial charge in [-0.1, -0.05) is 25.4 Å². The second-order valence-electron chi connectivity index (χ2n) is 4.54. The van der Waals surface area contributed by atoms with Crippen molar-refractivity contribution in [2.24, 2.45) is 5.84 Å². The minimum absolute atomic E-state index is 0.223. The van der Waals surface area contributed by atoms with Crippen molar-refractivity contribution >= 4 is 44.9 Å². The molecule has 20 heavy (non-hydrogen) atoms. The molecule has 4 N–H and O–H groups in total. The van der Waals surface area contributed by atoms with Crippen molar-refractivity contribution in [2.45, 2.75) is 19.8 Å². The van der Waals surface area contributed by atoms with E-state index >= 15 is 0 Å². The van der Waals surface area contributed by atoms with E-state index in [-0.39, 0.29) is 5.92 Å². The highest BCUT2D eigenvalue weighted by molar-refractivity contribution is 9.10. The normalized spacial score (nSPS) is 10.7. The number of hydrogen-bond acceptors (Lipinski definition) is 5. The van der Waals surface area contributed by atoms with Gasteiger partial charge in [0, 0.05) is 15.7 Å². The monoisotopic (exact) mass is 355 g/mol. The first-order valence-corrected chi connectivity index (χ1v) is 7.23. The first-order valence-electron chi connectivity index (χ1n) is 6.06. The second kappa shape index (κ2) is 6.39. The first kappa shape index (κ1) is 15.0. The highest BCUT2D eigenvalue weighted by atomic mass is 79.9. The number of nitrogens with one attached hydrogen (secondary N) is 2. The summed E-state index contributed by atoms with van der Waals surface area (Å²) in [6.45, 7) is 4.12. The van der Waals surface area contributed by atoms with Crippen molar-refractivity contribution in [2.75, 3.05) is 10.7 Å². The molecule has 0 aliphatic heterocycles. The van der Waals surface area contributed by atoms with Crippen LogP contribution in [0.1, 0.15) is 25.3 Å². The molecule has 2 rings (SSSR count). The van der Waals surface area contributed by atoms with Crippen LogP contribution in [-0.2, 0) is 0 Å². The van der Waals surface area contributed by atoms with E-state index in [4.69, 9.17) is 17.4 Å². The number of hydrogen-bond donors (Lipinski definition) is 3. The van der Waals surface area contributed by atoms with E-state index in [0.29, 0.717) is 10.8 Å². The molecule has 0 bridgehead atoms. The van der Waals surface area contributed by atoms with E-state index in [1.54, 1.807) is 0 Å². The molecule has 1 heterocycles. The smallest absolute Gasteiger partial charge is 0.148 e. The van der Waals surface area contributed by atoms with Crippen LogP contribution in [0, 0.1) is 0 Å². The van der Waals surface area contributed by atoms with Gasteiger partial charge >= 0.3 is 0 Å². The minimum atomic E-state index is 0.223. The zero-order valence-corrected chi connectivity index (χ0v) is 13.5. The van der Waals surface area contributed by atoms with Gasteiger partial charge in [0.2, 0.25) is 0 Å². The summed E-state index contributed by atoms with van der Waals surface area (Å²) in [6, 6.07) is 5.59. The lowest BCUT2D eigenvalue weighted by Gasteiger charge is -2.16. The average Bonchev–Trinajstić information content (AvgIpc) is 2.42. The molecule has 2 aromatic rings. The fourth-order valence-corrected chi connectivity index (χ4v) is 2.36. The van der Waals surface area contributed by atoms with E-state index in [1.165, 1.54) is 6.33 Å². The lowest BCUT2D eigenvalue weighted by atomic mass is 10.0. The van der Waals surface area contributed by atoms with Crippen LogP contribution in [0.25, 0.3) is 0 Å². The molecule has 0 amide bonds. The minimum Gasteiger partial charge on any atom is -0.340 e. The van der Waals surface area contributed by atoms with Crippen LogP contribution in [0.2, 0.25) is 5.02 Å². The van der Waals surface area contributed by atoms with Gasteiger partial charge in [-0.3, -0.25) is 0 Å². The van der Waals surface area contributed by atoms with Crippen molar-refractivity contribution in [3.8, 4) is 0 Å². The molecule has 0 saturated heterocycles. The highest BCUT2D eigenvalue weighted by Crippen LogP contribution is 2.32. The first-order chi connectivity index (χ1) is 9.52. The summed E-state index contributed by atoms with van der Waals surface area (Å²) in [6.07, 6.45) is 1.47. The number of nitrogens with zero attached hydrogens (tertiary/aromatic N) is 2. The molecule has 0 aliphatic rings. The number of rotatable bonds is 4. The zero-order chi connectivity index (χ0) is 14.7. The van der Waals surface area contributed by atoms with Crippen LogP contribution < -0.4 is 16.6 Å². The Bertz CT molecular complexity index is 618. The third kappa shape index (κ3) is 3.20. The van der Waals surface area contributed by atoms with Crippen molar-refractivity contribution in [1.82, 2.24) is 9.97 Å². The van der Waals surface area contributed by atoms with Gasteiger partial charge in [0.25, 0.3) is 0 Å². The molecular formula is C13H15BrClN5. The number of nitrogens with two attached hydrogens (primary N) is 1. The summed E-state index contributed by atoms with van der Waals surface area (Å²) in [4.78, 5) is 8.42. The molecule has 0 aliphatic carbocycles. The van der Waals surface area contributed by atoms with Crippen LogP contribution in [0.5, 0.6) is 0 Å². The second-order valence-corrected chi connectivity index (χ2v) is 5.80. The largest absolute Gasteiger partial charge is 0.340 e. The van der Waals surface area contributed by atoms with Crippen molar-refractivity contribution in [1.29, 1.82) is 0 Å². The molecule has 0 unspecified atom stereocenters. The predicted molar refractivity (Wildman–Crippen MR) is 86.4 cm³/mol. The van der Waals surface area contributed by atoms with Gasteiger partial charge in [-0.15, -0.1) is 0 Å². The summed E-state index contributed by atoms with van der Waals surface area (Å²) in [7, 11) is 0. The summed E-state index contributed by atoms with van der Waals surface area (Å²) in [5.74, 6) is 7.06. The molecule has 1 aromatic heterocycles. The fourth-order valence-electron chi connectivity index (χ4n) is 1.87. The number of anilines is 3. The van der Waals surface area contributed by atoms with Crippen molar-refractivity contribution < 1.29 is 0 Å². The maximum absolute atomic E-state index is 5.99. The lowest BCUT2D eigenvalue weighted by molar-refractivity contribution is 0.850. The van der Waals surface area contributed by atoms with Crippen LogP contribution in [0.3, 0.4) is 0 Å². The van der Waals surface area contributed by atoms with Gasteiger partial charge in [-0.2, -0.15) is 0 Å². The van der Waals surface area contributed by atoms with Crippen LogP contribution in [-0.4, -0.2) is 9.97 Å². The summed E-state index contributed by atoms with van der Waals surface area (Å²) in [5.41, 5.74) is 4.41. The number of halogens is 2. The number of aromatic nitrogens is 2. The number of nitrogen functional groups attached to an aromatic ring is 1. The Morgan fingerprint density at radius 3 is 2.55 bits per heavy atom. The highest BCUT2D eigenvalue weighted by Gasteiger charge is 2.14. The van der Waals surface area contributed by atoms with Gasteiger partial charge in [-0.25, -0.2) is 15.8 Å². The van der Waals surface area contributed by atoms with Crippen LogP contribution >= 0.6 is 27.5 Å². The molecule has 0 spiro atoms. The lowest BCUT2D eigenvalue weighted by Crippen LogP contribution is -2.14. The average molecular weight is 357 g/mol. The van der Waals surface area contributed by atoms with E-state index in [9.17, 15) is 0 Å². The molecule has 0 saturated carbocycles. The summed E-state index contributed by atoms with van der Waals surface area (Å²) in [5, 5.41) is 3.92. The Hall–Kier alpha value is -1.37. The molecule has 5 nitrogen and oxygen atoms in total. The van der Waals surface area contributed by atoms with E-state index in [0.717, 1.165) is 21.5 Å². The third-order valence-corrected chi connectivity index (χ3v) is 3.99. The van der Waals surface area contributed by atoms with E-state index in [2.05, 4.69) is 50.5 Å². The Labute approximate surface area is 131 Å². The van der Waals surface area contributed by atoms with Gasteiger partial charge in [0.05, 0.1) is 5.02 Å². The maximum atomic E-state index is 5.99. The van der Waals surface area contributed by atoms with Gasteiger partial charge in [0.1, 0.15) is 18.0 Å². The van der Waals surface area contributed by atoms with E-state index < -0.39 is 0 Å². The SMILES string of the molecule is CC(C)c1c(NN)ncnc1Nc1ccc(Cl)c(Br)c1. The van der Waals surface area contributed by atoms with Crippen LogP contribution in [0.4, 0.5) is 17.3 Å². The van der Waals surface area contributed by atoms with Crippen molar-refractivity contribution in [3.05, 3.63) is 39.6 Å². The Morgan fingerprint density at radius 1 is 1.25 bits per heavy atom. The molecular weight excluding hydrogens is 342 g/mol. The summed E-state index contributed by atoms with van der Waals surface area (Å²) >= 11 is 9.38. The maximum Gasteiger partial charge on any atom is 0.148 e. The van der Waals surface area contributed by atoms with Crippen molar-refractivity contribution in [3.63, 3.8) is 0 Å². The van der Waals surface area contributed by atoms with Gasteiger partial charge in [-0.05, 0) is 40.0 Å². The molecule has 7 heteroatoms. The topological polar surface area (TPSA) is 75.9 Å². The van der Waals surface area contributed by atoms with Gasteiger partial charge < -0.3 is 10.7 Å².